The fourth-order valence-corrected chi connectivity index (χ4v) is 1.34. The molecule has 0 aliphatic rings. The molecular formula is C11H16N4O6. The first-order valence-electron chi connectivity index (χ1n) is 5.82. The zero-order chi connectivity index (χ0) is 16.0. The largest absolute Gasteiger partial charge is 0.481 e. The average Bonchev–Trinajstić information content (AvgIpc) is 2.43. The Morgan fingerprint density at radius 2 is 1.76 bits per heavy atom. The molecule has 1 heterocycles. The maximum absolute atomic E-state index is 11.7. The predicted molar refractivity (Wildman–Crippen MR) is 70.4 cm³/mol. The van der Waals surface area contributed by atoms with Crippen molar-refractivity contribution in [3.05, 3.63) is 6.07 Å². The van der Waals surface area contributed by atoms with Gasteiger partial charge in [-0.25, -0.2) is 9.59 Å². The van der Waals surface area contributed by atoms with Crippen LogP contribution in [0, 0.1) is 0 Å². The minimum Gasteiger partial charge on any atom is -0.481 e. The Kier molecular flexibility index (Phi) is 5.67. The fraction of sp³-hybridized carbons (Fsp3) is 0.455. The van der Waals surface area contributed by atoms with Gasteiger partial charge in [0, 0.05) is 0 Å². The van der Waals surface area contributed by atoms with Crippen LogP contribution in [-0.2, 0) is 4.79 Å². The van der Waals surface area contributed by atoms with Gasteiger partial charge < -0.3 is 25.0 Å². The van der Waals surface area contributed by atoms with Crippen LogP contribution in [0.5, 0.6) is 11.8 Å². The van der Waals surface area contributed by atoms with E-state index in [1.54, 1.807) is 0 Å². The number of urea groups is 1. The molecule has 0 bridgehead atoms. The molecule has 0 radical (unpaired) electrons. The quantitative estimate of drug-likeness (QED) is 0.548. The van der Waals surface area contributed by atoms with Crippen molar-refractivity contribution in [2.24, 2.45) is 0 Å². The van der Waals surface area contributed by atoms with Crippen molar-refractivity contribution in [1.29, 1.82) is 0 Å². The van der Waals surface area contributed by atoms with Crippen LogP contribution in [0.2, 0.25) is 0 Å². The number of hydrogen-bond acceptors (Lipinski definition) is 7. The molecule has 10 nitrogen and oxygen atoms in total. The second kappa shape index (κ2) is 7.24. The lowest BCUT2D eigenvalue weighted by molar-refractivity contribution is -0.141. The summed E-state index contributed by atoms with van der Waals surface area (Å²) in [5.41, 5.74) is 0. The van der Waals surface area contributed by atoms with Gasteiger partial charge in [0.25, 0.3) is 0 Å². The van der Waals surface area contributed by atoms with Crippen LogP contribution in [0.1, 0.15) is 6.92 Å². The van der Waals surface area contributed by atoms with Crippen LogP contribution >= 0.6 is 0 Å². The fourth-order valence-electron chi connectivity index (χ4n) is 1.34. The molecule has 10 heteroatoms. The monoisotopic (exact) mass is 300 g/mol. The lowest BCUT2D eigenvalue weighted by Gasteiger charge is -2.17. The molecule has 21 heavy (non-hydrogen) atoms. The van der Waals surface area contributed by atoms with E-state index in [4.69, 9.17) is 14.6 Å². The molecule has 116 valence electrons. The molecule has 1 aromatic rings. The Morgan fingerprint density at radius 3 is 2.14 bits per heavy atom. The second-order valence-corrected chi connectivity index (χ2v) is 3.93. The van der Waals surface area contributed by atoms with Crippen LogP contribution in [-0.4, -0.2) is 58.5 Å². The Bertz CT molecular complexity index is 499. The summed E-state index contributed by atoms with van der Waals surface area (Å²) in [4.78, 5) is 30.2. The third-order valence-corrected chi connectivity index (χ3v) is 2.36. The van der Waals surface area contributed by atoms with Gasteiger partial charge in [-0.2, -0.15) is 9.97 Å². The number of ether oxygens (including phenoxy) is 2. The highest BCUT2D eigenvalue weighted by molar-refractivity contribution is 5.91. The SMILES string of the molecule is COc1cc(OC)nc(NC(=O)NC(C(=O)O)C(C)O)n1. The molecular weight excluding hydrogens is 284 g/mol. The lowest BCUT2D eigenvalue weighted by atomic mass is 10.2. The predicted octanol–water partition coefficient (Wildman–Crippen LogP) is -0.551. The number of methoxy groups -OCH3 is 2. The number of anilines is 1. The van der Waals surface area contributed by atoms with Gasteiger partial charge >= 0.3 is 12.0 Å². The van der Waals surface area contributed by atoms with Crippen LogP contribution in [0.3, 0.4) is 0 Å². The second-order valence-electron chi connectivity index (χ2n) is 3.93. The maximum atomic E-state index is 11.7. The van der Waals surface area contributed by atoms with Crippen LogP contribution < -0.4 is 20.1 Å². The topological polar surface area (TPSA) is 143 Å². The number of carboxylic acids is 1. The van der Waals surface area contributed by atoms with Crippen molar-refractivity contribution in [3.8, 4) is 11.8 Å². The van der Waals surface area contributed by atoms with Gasteiger partial charge in [0.15, 0.2) is 6.04 Å². The Balaban J connectivity index is 2.80. The minimum absolute atomic E-state index is 0.140. The molecule has 2 amide bonds. The highest BCUT2D eigenvalue weighted by Gasteiger charge is 2.25. The van der Waals surface area contributed by atoms with Gasteiger partial charge in [-0.15, -0.1) is 0 Å². The summed E-state index contributed by atoms with van der Waals surface area (Å²) in [6.45, 7) is 1.24. The molecule has 0 spiro atoms. The standard InChI is InChI=1S/C11H16N4O6/c1-5(16)8(9(17)18)14-11(19)15-10-12-6(20-2)4-7(13-10)21-3/h4-5,8,16H,1-3H3,(H,17,18)(H2,12,13,14,15,19). The van der Waals surface area contributed by atoms with Gasteiger partial charge in [0.1, 0.15) is 0 Å². The first-order chi connectivity index (χ1) is 9.87. The number of nitrogens with one attached hydrogen (secondary N) is 2. The van der Waals surface area contributed by atoms with E-state index < -0.39 is 24.1 Å². The molecule has 2 atom stereocenters. The number of aliphatic carboxylic acids is 1. The van der Waals surface area contributed by atoms with Crippen molar-refractivity contribution in [3.63, 3.8) is 0 Å². The summed E-state index contributed by atoms with van der Waals surface area (Å²) in [6.07, 6.45) is -1.27. The summed E-state index contributed by atoms with van der Waals surface area (Å²) in [5.74, 6) is -1.20. The van der Waals surface area contributed by atoms with Gasteiger partial charge in [-0.1, -0.05) is 0 Å². The Morgan fingerprint density at radius 1 is 1.24 bits per heavy atom. The molecule has 1 aromatic heterocycles. The van der Waals surface area contributed by atoms with E-state index in [-0.39, 0.29) is 17.7 Å². The van der Waals surface area contributed by atoms with Crippen LogP contribution in [0.15, 0.2) is 6.07 Å². The van der Waals surface area contributed by atoms with E-state index in [9.17, 15) is 14.7 Å². The normalized spacial score (nSPS) is 13.0. The first-order valence-corrected chi connectivity index (χ1v) is 5.82. The van der Waals surface area contributed by atoms with E-state index in [1.807, 2.05) is 0 Å². The number of carbonyl (C=O) groups excluding carboxylic acids is 1. The number of hydrogen-bond donors (Lipinski definition) is 4. The number of amides is 2. The third kappa shape index (κ3) is 4.76. The van der Waals surface area contributed by atoms with Gasteiger partial charge in [-0.3, -0.25) is 5.32 Å². The van der Waals surface area contributed by atoms with Crippen molar-refractivity contribution in [2.75, 3.05) is 19.5 Å². The van der Waals surface area contributed by atoms with Crippen molar-refractivity contribution < 1.29 is 29.3 Å². The summed E-state index contributed by atoms with van der Waals surface area (Å²) in [6, 6.07) is -0.949. The maximum Gasteiger partial charge on any atom is 0.328 e. The molecule has 1 rings (SSSR count). The molecule has 0 aromatic carbocycles. The van der Waals surface area contributed by atoms with Gasteiger partial charge in [-0.05, 0) is 6.92 Å². The molecule has 2 unspecified atom stereocenters. The number of carbonyl (C=O) groups is 2. The molecule has 0 fully saturated rings. The van der Waals surface area contributed by atoms with E-state index in [0.29, 0.717) is 0 Å². The molecule has 0 aliphatic heterocycles. The zero-order valence-corrected chi connectivity index (χ0v) is 11.7. The molecule has 0 saturated heterocycles. The number of aliphatic hydroxyl groups is 1. The minimum atomic E-state index is -1.46. The van der Waals surface area contributed by atoms with Crippen LogP contribution in [0.4, 0.5) is 10.7 Å². The smallest absolute Gasteiger partial charge is 0.328 e. The van der Waals surface area contributed by atoms with Gasteiger partial charge in [0.05, 0.1) is 26.4 Å². The number of aliphatic hydroxyl groups excluding tert-OH is 1. The Hall–Kier alpha value is -2.62. The summed E-state index contributed by atoms with van der Waals surface area (Å²) in [7, 11) is 2.75. The third-order valence-electron chi connectivity index (χ3n) is 2.36. The molecule has 4 N–H and O–H groups in total. The zero-order valence-electron chi connectivity index (χ0n) is 11.7. The molecule has 0 saturated carbocycles. The summed E-state index contributed by atoms with van der Waals surface area (Å²) in [5, 5.41) is 22.4. The lowest BCUT2D eigenvalue weighted by Crippen LogP contribution is -2.49. The van der Waals surface area contributed by atoms with Crippen molar-refractivity contribution in [1.82, 2.24) is 15.3 Å². The van der Waals surface area contributed by atoms with Crippen LogP contribution in [0.25, 0.3) is 0 Å². The van der Waals surface area contributed by atoms with E-state index in [2.05, 4.69) is 20.6 Å². The van der Waals surface area contributed by atoms with E-state index in [1.165, 1.54) is 27.2 Å². The number of rotatable bonds is 6. The highest BCUT2D eigenvalue weighted by Crippen LogP contribution is 2.17. The molecule has 0 aliphatic carbocycles. The summed E-state index contributed by atoms with van der Waals surface area (Å²) >= 11 is 0. The van der Waals surface area contributed by atoms with Crippen molar-refractivity contribution in [2.45, 2.75) is 19.1 Å². The van der Waals surface area contributed by atoms with E-state index in [0.717, 1.165) is 0 Å². The van der Waals surface area contributed by atoms with Crippen molar-refractivity contribution >= 4 is 17.9 Å². The average molecular weight is 300 g/mol. The number of carboxylic acid groups (broad SMARTS) is 1. The number of nitrogens with zero attached hydrogens (tertiary/aromatic N) is 2. The first kappa shape index (κ1) is 16.4. The summed E-state index contributed by atoms with van der Waals surface area (Å²) < 4.78 is 9.80. The van der Waals surface area contributed by atoms with E-state index >= 15 is 0 Å². The Labute approximate surface area is 120 Å². The van der Waals surface area contributed by atoms with Gasteiger partial charge in [0.2, 0.25) is 17.7 Å². The number of aromatic nitrogens is 2. The highest BCUT2D eigenvalue weighted by atomic mass is 16.5.